The fraction of sp³-hybridized carbons (Fsp3) is 1.00. The highest BCUT2D eigenvalue weighted by atomic mass is 35.5. The van der Waals surface area contributed by atoms with E-state index in [4.69, 9.17) is 0 Å². The van der Waals surface area contributed by atoms with Gasteiger partial charge in [-0.05, 0) is 19.4 Å². The van der Waals surface area contributed by atoms with Gasteiger partial charge in [-0.25, -0.2) is 12.7 Å². The monoisotopic (exact) mass is 254 g/mol. The first-order chi connectivity index (χ1) is 6.58. The molecule has 0 saturated carbocycles. The van der Waals surface area contributed by atoms with Crippen molar-refractivity contribution < 1.29 is 8.42 Å². The highest BCUT2D eigenvalue weighted by molar-refractivity contribution is 7.89. The Labute approximate surface area is 97.9 Å². The van der Waals surface area contributed by atoms with Crippen molar-refractivity contribution in [2.24, 2.45) is 5.41 Å². The summed E-state index contributed by atoms with van der Waals surface area (Å²) in [5.74, 6) is 0.354. The molecule has 6 heteroatoms. The number of halogens is 1. The van der Waals surface area contributed by atoms with E-state index in [0.29, 0.717) is 12.3 Å². The van der Waals surface area contributed by atoms with Crippen molar-refractivity contribution >= 4 is 22.4 Å². The summed E-state index contributed by atoms with van der Waals surface area (Å²) in [6.45, 7) is 5.27. The number of nitrogens with zero attached hydrogens (tertiary/aromatic N) is 1. The van der Waals surface area contributed by atoms with E-state index in [9.17, 15) is 8.42 Å². The van der Waals surface area contributed by atoms with Gasteiger partial charge in [0.2, 0.25) is 10.0 Å². The van der Waals surface area contributed by atoms with Crippen molar-refractivity contribution in [2.45, 2.75) is 19.8 Å². The summed E-state index contributed by atoms with van der Waals surface area (Å²) < 4.78 is 25.3. The molecule has 2 rings (SSSR count). The molecule has 1 unspecified atom stereocenters. The largest absolute Gasteiger partial charge is 0.316 e. The lowest BCUT2D eigenvalue weighted by molar-refractivity contribution is 0.306. The molecule has 0 radical (unpaired) electrons. The van der Waals surface area contributed by atoms with E-state index in [-0.39, 0.29) is 17.8 Å². The number of rotatable bonds is 2. The predicted molar refractivity (Wildman–Crippen MR) is 62.8 cm³/mol. The number of hydrogen-bond acceptors (Lipinski definition) is 3. The molecule has 2 saturated heterocycles. The van der Waals surface area contributed by atoms with Crippen LogP contribution in [0.3, 0.4) is 0 Å². The van der Waals surface area contributed by atoms with Gasteiger partial charge >= 0.3 is 0 Å². The highest BCUT2D eigenvalue weighted by Gasteiger charge is 2.48. The quantitative estimate of drug-likeness (QED) is 0.778. The summed E-state index contributed by atoms with van der Waals surface area (Å²) in [5.41, 5.74) is 0.0218. The molecule has 1 spiro atoms. The summed E-state index contributed by atoms with van der Waals surface area (Å²) in [6, 6.07) is 0. The minimum Gasteiger partial charge on any atom is -0.316 e. The summed E-state index contributed by atoms with van der Waals surface area (Å²) in [6.07, 6.45) is 1.91. The molecule has 2 aliphatic rings. The number of nitrogens with one attached hydrogen (secondary N) is 1. The van der Waals surface area contributed by atoms with Crippen LogP contribution in [0.5, 0.6) is 0 Å². The Bertz CT molecular complexity index is 312. The van der Waals surface area contributed by atoms with Crippen LogP contribution in [0.1, 0.15) is 19.8 Å². The maximum Gasteiger partial charge on any atom is 0.214 e. The number of hydrogen-bond donors (Lipinski definition) is 1. The summed E-state index contributed by atoms with van der Waals surface area (Å²) in [5, 5.41) is 3.26. The van der Waals surface area contributed by atoms with Crippen LogP contribution in [0.15, 0.2) is 0 Å². The molecular weight excluding hydrogens is 236 g/mol. The third-order valence-corrected chi connectivity index (χ3v) is 5.27. The lowest BCUT2D eigenvalue weighted by Crippen LogP contribution is -2.31. The Morgan fingerprint density at radius 2 is 2.20 bits per heavy atom. The van der Waals surface area contributed by atoms with Gasteiger partial charge in [-0.2, -0.15) is 0 Å². The Balaban J connectivity index is 0.00000112. The summed E-state index contributed by atoms with van der Waals surface area (Å²) in [7, 11) is -2.95. The first-order valence-electron chi connectivity index (χ1n) is 5.27. The Morgan fingerprint density at radius 3 is 2.73 bits per heavy atom. The van der Waals surface area contributed by atoms with Gasteiger partial charge in [0, 0.05) is 25.0 Å². The lowest BCUT2D eigenvalue weighted by Gasteiger charge is -2.19. The van der Waals surface area contributed by atoms with Gasteiger partial charge in [-0.1, -0.05) is 6.92 Å². The van der Waals surface area contributed by atoms with Gasteiger partial charge in [0.1, 0.15) is 0 Å². The second kappa shape index (κ2) is 4.57. The maximum absolute atomic E-state index is 11.8. The first kappa shape index (κ1) is 13.2. The lowest BCUT2D eigenvalue weighted by atomic mass is 9.90. The van der Waals surface area contributed by atoms with E-state index >= 15 is 0 Å². The molecule has 0 aromatic rings. The zero-order valence-electron chi connectivity index (χ0n) is 9.03. The van der Waals surface area contributed by atoms with Crippen molar-refractivity contribution in [3.63, 3.8) is 0 Å². The molecule has 2 aliphatic heterocycles. The standard InChI is InChI=1S/C9H18N2O2S.ClH/c1-2-5-11-7-9(3-4-10-6-9)8-14(11,12)13;/h10H,2-8H2,1H3;1H. The van der Waals surface area contributed by atoms with Crippen molar-refractivity contribution in [2.75, 3.05) is 31.9 Å². The molecule has 0 aromatic carbocycles. The second-order valence-electron chi connectivity index (χ2n) is 4.52. The molecular formula is C9H19ClN2O2S. The fourth-order valence-corrected chi connectivity index (χ4v) is 4.74. The predicted octanol–water partition coefficient (Wildman–Crippen LogP) is 0.443. The van der Waals surface area contributed by atoms with Gasteiger partial charge < -0.3 is 5.32 Å². The van der Waals surface area contributed by atoms with Crippen LogP contribution in [-0.4, -0.2) is 44.7 Å². The zero-order valence-corrected chi connectivity index (χ0v) is 10.7. The molecule has 0 aliphatic carbocycles. The molecule has 0 aromatic heterocycles. The molecule has 90 valence electrons. The van der Waals surface area contributed by atoms with E-state index in [0.717, 1.165) is 32.5 Å². The molecule has 2 heterocycles. The normalized spacial score (nSPS) is 34.5. The summed E-state index contributed by atoms with van der Waals surface area (Å²) in [4.78, 5) is 0. The Hall–Kier alpha value is 0.160. The Kier molecular flexibility index (Phi) is 4.03. The molecule has 15 heavy (non-hydrogen) atoms. The SMILES string of the molecule is CCCN1CC2(CCNC2)CS1(=O)=O.Cl. The van der Waals surface area contributed by atoms with Crippen LogP contribution in [0.2, 0.25) is 0 Å². The molecule has 2 fully saturated rings. The third kappa shape index (κ3) is 2.46. The smallest absolute Gasteiger partial charge is 0.214 e. The van der Waals surface area contributed by atoms with E-state index in [2.05, 4.69) is 5.32 Å². The average molecular weight is 255 g/mol. The average Bonchev–Trinajstić information content (AvgIpc) is 2.60. The van der Waals surface area contributed by atoms with E-state index in [1.54, 1.807) is 4.31 Å². The van der Waals surface area contributed by atoms with Crippen LogP contribution in [0.4, 0.5) is 0 Å². The number of sulfonamides is 1. The fourth-order valence-electron chi connectivity index (χ4n) is 2.52. The molecule has 4 nitrogen and oxygen atoms in total. The molecule has 1 atom stereocenters. The maximum atomic E-state index is 11.8. The topological polar surface area (TPSA) is 49.4 Å². The van der Waals surface area contributed by atoms with Gasteiger partial charge in [-0.3, -0.25) is 0 Å². The summed E-state index contributed by atoms with van der Waals surface area (Å²) >= 11 is 0. The molecule has 0 bridgehead atoms. The van der Waals surface area contributed by atoms with Crippen molar-refractivity contribution in [3.8, 4) is 0 Å². The van der Waals surface area contributed by atoms with Crippen molar-refractivity contribution in [1.82, 2.24) is 9.62 Å². The minimum atomic E-state index is -2.95. The van der Waals surface area contributed by atoms with E-state index in [1.165, 1.54) is 0 Å². The first-order valence-corrected chi connectivity index (χ1v) is 6.87. The van der Waals surface area contributed by atoms with Crippen molar-refractivity contribution in [1.29, 1.82) is 0 Å². The van der Waals surface area contributed by atoms with Gasteiger partial charge in [0.05, 0.1) is 5.75 Å². The van der Waals surface area contributed by atoms with E-state index in [1.807, 2.05) is 6.92 Å². The minimum absolute atomic E-state index is 0. The zero-order chi connectivity index (χ0) is 10.2. The second-order valence-corrected chi connectivity index (χ2v) is 6.49. The van der Waals surface area contributed by atoms with Crippen LogP contribution < -0.4 is 5.32 Å². The molecule has 1 N–H and O–H groups in total. The van der Waals surface area contributed by atoms with Crippen LogP contribution in [0.25, 0.3) is 0 Å². The van der Waals surface area contributed by atoms with Crippen LogP contribution in [-0.2, 0) is 10.0 Å². The highest BCUT2D eigenvalue weighted by Crippen LogP contribution is 2.36. The Morgan fingerprint density at radius 1 is 1.47 bits per heavy atom. The van der Waals surface area contributed by atoms with Crippen LogP contribution >= 0.6 is 12.4 Å². The van der Waals surface area contributed by atoms with Crippen molar-refractivity contribution in [3.05, 3.63) is 0 Å². The van der Waals surface area contributed by atoms with Gasteiger partial charge in [-0.15, -0.1) is 12.4 Å². The molecule has 0 amide bonds. The van der Waals surface area contributed by atoms with Gasteiger partial charge in [0.15, 0.2) is 0 Å². The van der Waals surface area contributed by atoms with E-state index < -0.39 is 10.0 Å². The van der Waals surface area contributed by atoms with Gasteiger partial charge in [0.25, 0.3) is 0 Å². The third-order valence-electron chi connectivity index (χ3n) is 3.20. The van der Waals surface area contributed by atoms with Crippen LogP contribution in [0, 0.1) is 5.41 Å².